The van der Waals surface area contributed by atoms with Gasteiger partial charge in [-0.05, 0) is 71.8 Å². The van der Waals surface area contributed by atoms with Crippen molar-refractivity contribution in [2.45, 2.75) is 20.4 Å². The van der Waals surface area contributed by atoms with Crippen LogP contribution >= 0.6 is 34.2 Å². The van der Waals surface area contributed by atoms with E-state index in [9.17, 15) is 14.4 Å². The topological polar surface area (TPSA) is 118 Å². The van der Waals surface area contributed by atoms with E-state index in [0.29, 0.717) is 37.9 Å². The highest BCUT2D eigenvalue weighted by Gasteiger charge is 2.15. The van der Waals surface area contributed by atoms with E-state index in [4.69, 9.17) is 21.1 Å². The van der Waals surface area contributed by atoms with Crippen molar-refractivity contribution in [3.63, 3.8) is 0 Å². The van der Waals surface area contributed by atoms with Gasteiger partial charge >= 0.3 is 11.8 Å². The van der Waals surface area contributed by atoms with Crippen LogP contribution in [0.2, 0.25) is 5.02 Å². The van der Waals surface area contributed by atoms with Crippen molar-refractivity contribution in [3.8, 4) is 11.5 Å². The predicted molar refractivity (Wildman–Crippen MR) is 155 cm³/mol. The van der Waals surface area contributed by atoms with E-state index in [2.05, 4.69) is 43.8 Å². The molecule has 3 N–H and O–H groups in total. The third kappa shape index (κ3) is 8.73. The summed E-state index contributed by atoms with van der Waals surface area (Å²) >= 11 is 8.13. The molecule has 0 atom stereocenters. The SMILES string of the molecule is CCOc1cc(/C=N\NC(=O)C(=O)NCc2ccc(C)cc2)cc(I)c1OCC(=O)Nc1ccccc1Cl. The lowest BCUT2D eigenvalue weighted by Crippen LogP contribution is -2.37. The van der Waals surface area contributed by atoms with Crippen LogP contribution in [0.3, 0.4) is 0 Å². The third-order valence-corrected chi connectivity index (χ3v) is 6.12. The number of hydrogen-bond acceptors (Lipinski definition) is 6. The van der Waals surface area contributed by atoms with E-state index in [-0.39, 0.29) is 19.1 Å². The first-order chi connectivity index (χ1) is 18.3. The van der Waals surface area contributed by atoms with Gasteiger partial charge in [-0.1, -0.05) is 53.6 Å². The van der Waals surface area contributed by atoms with Crippen molar-refractivity contribution in [2.24, 2.45) is 5.10 Å². The summed E-state index contributed by atoms with van der Waals surface area (Å²) in [6, 6.07) is 17.9. The van der Waals surface area contributed by atoms with Gasteiger partial charge in [0.2, 0.25) is 0 Å². The van der Waals surface area contributed by atoms with Gasteiger partial charge in [0.05, 0.1) is 27.1 Å². The van der Waals surface area contributed by atoms with Crippen LogP contribution in [-0.2, 0) is 20.9 Å². The quantitative estimate of drug-likeness (QED) is 0.130. The van der Waals surface area contributed by atoms with E-state index >= 15 is 0 Å². The zero-order valence-corrected chi connectivity index (χ0v) is 23.6. The molecule has 9 nitrogen and oxygen atoms in total. The minimum atomic E-state index is -0.891. The monoisotopic (exact) mass is 648 g/mol. The van der Waals surface area contributed by atoms with Gasteiger partial charge in [-0.25, -0.2) is 5.43 Å². The van der Waals surface area contributed by atoms with Crippen LogP contribution in [0, 0.1) is 10.5 Å². The largest absolute Gasteiger partial charge is 0.490 e. The summed E-state index contributed by atoms with van der Waals surface area (Å²) < 4.78 is 12.1. The Bertz CT molecular complexity index is 1330. The summed E-state index contributed by atoms with van der Waals surface area (Å²) in [5.74, 6) is -1.29. The van der Waals surface area contributed by atoms with Gasteiger partial charge < -0.3 is 20.1 Å². The van der Waals surface area contributed by atoms with Crippen molar-refractivity contribution >= 4 is 63.8 Å². The summed E-state index contributed by atoms with van der Waals surface area (Å²) in [6.45, 7) is 4.11. The molecule has 0 fully saturated rings. The number of carbonyl (C=O) groups is 3. The van der Waals surface area contributed by atoms with Crippen LogP contribution in [0.15, 0.2) is 65.8 Å². The molecule has 0 saturated heterocycles. The highest BCUT2D eigenvalue weighted by atomic mass is 127. The van der Waals surface area contributed by atoms with Crippen LogP contribution < -0.4 is 25.5 Å². The van der Waals surface area contributed by atoms with Crippen LogP contribution in [0.5, 0.6) is 11.5 Å². The number of hydrazone groups is 1. The lowest BCUT2D eigenvalue weighted by molar-refractivity contribution is -0.139. The smallest absolute Gasteiger partial charge is 0.329 e. The summed E-state index contributed by atoms with van der Waals surface area (Å²) in [4.78, 5) is 36.5. The minimum Gasteiger partial charge on any atom is -0.490 e. The van der Waals surface area contributed by atoms with Gasteiger partial charge in [-0.15, -0.1) is 0 Å². The third-order valence-electron chi connectivity index (χ3n) is 4.99. The fraction of sp³-hybridized carbons (Fsp3) is 0.185. The molecular formula is C27H26ClIN4O5. The van der Waals surface area contributed by atoms with Crippen LogP contribution in [0.4, 0.5) is 5.69 Å². The van der Waals surface area contributed by atoms with E-state index in [1.54, 1.807) is 36.4 Å². The van der Waals surface area contributed by atoms with Crippen molar-refractivity contribution in [2.75, 3.05) is 18.5 Å². The molecule has 0 aliphatic heterocycles. The zero-order chi connectivity index (χ0) is 27.5. The number of hydrogen-bond donors (Lipinski definition) is 3. The van der Waals surface area contributed by atoms with Gasteiger partial charge in [-0.3, -0.25) is 14.4 Å². The summed E-state index contributed by atoms with van der Waals surface area (Å²) in [7, 11) is 0. The maximum atomic E-state index is 12.4. The molecule has 198 valence electrons. The van der Waals surface area contributed by atoms with Gasteiger partial charge in [0.25, 0.3) is 5.91 Å². The molecule has 0 spiro atoms. The van der Waals surface area contributed by atoms with Gasteiger partial charge in [0.1, 0.15) is 0 Å². The molecule has 0 aliphatic rings. The fourth-order valence-electron chi connectivity index (χ4n) is 3.14. The normalized spacial score (nSPS) is 10.6. The highest BCUT2D eigenvalue weighted by Crippen LogP contribution is 2.34. The molecule has 3 aromatic carbocycles. The predicted octanol–water partition coefficient (Wildman–Crippen LogP) is 4.44. The van der Waals surface area contributed by atoms with Crippen molar-refractivity contribution in [1.29, 1.82) is 0 Å². The van der Waals surface area contributed by atoms with Gasteiger partial charge in [0.15, 0.2) is 18.1 Å². The second-order valence-electron chi connectivity index (χ2n) is 7.95. The number of carbonyl (C=O) groups excluding carboxylic acids is 3. The average Bonchev–Trinajstić information content (AvgIpc) is 2.89. The first-order valence-corrected chi connectivity index (χ1v) is 13.0. The molecule has 3 rings (SSSR count). The molecule has 0 saturated carbocycles. The zero-order valence-electron chi connectivity index (χ0n) is 20.7. The Balaban J connectivity index is 1.57. The Labute approximate surface area is 239 Å². The van der Waals surface area contributed by atoms with Crippen molar-refractivity contribution in [3.05, 3.63) is 85.9 Å². The molecular weight excluding hydrogens is 623 g/mol. The summed E-state index contributed by atoms with van der Waals surface area (Å²) in [5, 5.41) is 9.54. The maximum absolute atomic E-state index is 12.4. The number of rotatable bonds is 10. The number of ether oxygens (including phenoxy) is 2. The molecule has 0 bridgehead atoms. The van der Waals surface area contributed by atoms with E-state index < -0.39 is 11.8 Å². The molecule has 0 radical (unpaired) electrons. The van der Waals surface area contributed by atoms with Crippen LogP contribution in [0.25, 0.3) is 0 Å². The number of halogens is 2. The van der Waals surface area contributed by atoms with Crippen LogP contribution in [0.1, 0.15) is 23.6 Å². The Morgan fingerprint density at radius 2 is 1.76 bits per heavy atom. The number of benzene rings is 3. The molecule has 3 amide bonds. The van der Waals surface area contributed by atoms with Gasteiger partial charge in [-0.2, -0.15) is 5.10 Å². The summed E-state index contributed by atoms with van der Waals surface area (Å²) in [6.07, 6.45) is 1.38. The molecule has 0 aromatic heterocycles. The van der Waals surface area contributed by atoms with Gasteiger partial charge in [0, 0.05) is 6.54 Å². The fourth-order valence-corrected chi connectivity index (χ4v) is 4.10. The highest BCUT2D eigenvalue weighted by molar-refractivity contribution is 14.1. The second kappa shape index (κ2) is 14.3. The van der Waals surface area contributed by atoms with E-state index in [1.807, 2.05) is 38.1 Å². The number of aryl methyl sites for hydroxylation is 1. The first kappa shape index (κ1) is 28.9. The maximum Gasteiger partial charge on any atom is 0.329 e. The number of anilines is 1. The van der Waals surface area contributed by atoms with E-state index in [1.165, 1.54) is 6.21 Å². The lowest BCUT2D eigenvalue weighted by Gasteiger charge is -2.15. The molecule has 3 aromatic rings. The Hall–Kier alpha value is -3.64. The van der Waals surface area contributed by atoms with Crippen LogP contribution in [-0.4, -0.2) is 37.1 Å². The minimum absolute atomic E-state index is 0.226. The van der Waals surface area contributed by atoms with Crippen molar-refractivity contribution < 1.29 is 23.9 Å². The Morgan fingerprint density at radius 1 is 1.03 bits per heavy atom. The molecule has 0 aliphatic carbocycles. The molecule has 38 heavy (non-hydrogen) atoms. The Kier molecular flexibility index (Phi) is 10.9. The lowest BCUT2D eigenvalue weighted by atomic mass is 10.1. The number of amides is 3. The van der Waals surface area contributed by atoms with E-state index in [0.717, 1.165) is 11.1 Å². The van der Waals surface area contributed by atoms with Crippen molar-refractivity contribution in [1.82, 2.24) is 10.7 Å². The molecule has 11 heteroatoms. The average molecular weight is 649 g/mol. The first-order valence-electron chi connectivity index (χ1n) is 11.6. The molecule has 0 unspecified atom stereocenters. The standard InChI is InChI=1S/C27H26ClIN4O5/c1-3-37-23-13-19(15-31-33-27(36)26(35)30-14-18-10-8-17(2)9-11-18)12-21(29)25(23)38-16-24(34)32-22-7-5-4-6-20(22)28/h4-13,15H,3,14,16H2,1-2H3,(H,30,35)(H,32,34)(H,33,36)/b31-15-. The number of nitrogens with one attached hydrogen (secondary N) is 3. The second-order valence-corrected chi connectivity index (χ2v) is 9.52. The summed E-state index contributed by atoms with van der Waals surface area (Å²) in [5.41, 5.74) is 5.27. The number of nitrogens with zero attached hydrogens (tertiary/aromatic N) is 1. The molecule has 0 heterocycles. The Morgan fingerprint density at radius 3 is 2.47 bits per heavy atom. The number of para-hydroxylation sites is 1.